The Morgan fingerprint density at radius 3 is 2.70 bits per heavy atom. The summed E-state index contributed by atoms with van der Waals surface area (Å²) in [6.45, 7) is 3.36. The molecule has 2 N–H and O–H groups in total. The zero-order valence-corrected chi connectivity index (χ0v) is 16.5. The molecule has 1 amide bonds. The van der Waals surface area contributed by atoms with Gasteiger partial charge in [0.25, 0.3) is 5.56 Å². The van der Waals surface area contributed by atoms with Gasteiger partial charge in [-0.1, -0.05) is 18.2 Å². The quantitative estimate of drug-likeness (QED) is 0.679. The van der Waals surface area contributed by atoms with E-state index in [1.54, 1.807) is 24.0 Å². The van der Waals surface area contributed by atoms with E-state index in [2.05, 4.69) is 4.98 Å². The monoisotopic (exact) mass is 410 g/mol. The number of morpholine rings is 1. The molecular weight excluding hydrogens is 388 g/mol. The third-order valence-electron chi connectivity index (χ3n) is 5.29. The molecule has 1 aromatic carbocycles. The molecule has 1 aliphatic rings. The van der Waals surface area contributed by atoms with Crippen LogP contribution in [0.5, 0.6) is 5.75 Å². The highest BCUT2D eigenvalue weighted by Gasteiger charge is 2.30. The largest absolute Gasteiger partial charge is 0.502 e. The van der Waals surface area contributed by atoms with Crippen LogP contribution in [0.4, 0.5) is 0 Å². The van der Waals surface area contributed by atoms with E-state index in [-0.39, 0.29) is 29.4 Å². The number of para-hydroxylation sites is 1. The standard InChI is InChI=1S/C22H22N2O6/c1-13-10-18(25)20(27)21(30-13)15(12-19(26)24-6-8-29-9-7-24)16-11-14-4-2-3-5-17(14)23-22(16)28/h2-5,10-11,15,27H,6-9,12H2,1H3,(H,23,28)/t15-/m1/s1. The van der Waals surface area contributed by atoms with Crippen LogP contribution in [0, 0.1) is 6.92 Å². The molecule has 8 heteroatoms. The number of benzene rings is 1. The van der Waals surface area contributed by atoms with Crippen molar-refractivity contribution in [1.82, 2.24) is 9.88 Å². The summed E-state index contributed by atoms with van der Waals surface area (Å²) in [5.74, 6) is -1.51. The maximum atomic E-state index is 13.0. The third kappa shape index (κ3) is 3.86. The summed E-state index contributed by atoms with van der Waals surface area (Å²) in [6.07, 6.45) is -0.124. The molecule has 3 heterocycles. The van der Waals surface area contributed by atoms with Crippen LogP contribution >= 0.6 is 0 Å². The number of hydrogen-bond acceptors (Lipinski definition) is 6. The molecular formula is C22H22N2O6. The number of aromatic amines is 1. The zero-order valence-electron chi connectivity index (χ0n) is 16.5. The van der Waals surface area contributed by atoms with Gasteiger partial charge in [-0.15, -0.1) is 0 Å². The maximum Gasteiger partial charge on any atom is 0.252 e. The van der Waals surface area contributed by atoms with E-state index in [0.717, 1.165) is 5.39 Å². The van der Waals surface area contributed by atoms with Gasteiger partial charge < -0.3 is 24.1 Å². The van der Waals surface area contributed by atoms with Crippen LogP contribution in [0.2, 0.25) is 0 Å². The Labute approximate surface area is 171 Å². The number of hydrogen-bond donors (Lipinski definition) is 2. The first-order chi connectivity index (χ1) is 14.4. The van der Waals surface area contributed by atoms with Crippen LogP contribution in [-0.2, 0) is 9.53 Å². The Bertz CT molecular complexity index is 1210. The van der Waals surface area contributed by atoms with Crippen LogP contribution < -0.4 is 11.0 Å². The van der Waals surface area contributed by atoms with E-state index >= 15 is 0 Å². The van der Waals surface area contributed by atoms with Crippen LogP contribution in [0.3, 0.4) is 0 Å². The number of ether oxygens (including phenoxy) is 1. The van der Waals surface area contributed by atoms with Crippen LogP contribution in [0.25, 0.3) is 10.9 Å². The second kappa shape index (κ2) is 8.16. The van der Waals surface area contributed by atoms with Crippen molar-refractivity contribution in [2.24, 2.45) is 0 Å². The van der Waals surface area contributed by atoms with Crippen molar-refractivity contribution in [1.29, 1.82) is 0 Å². The second-order valence-corrected chi connectivity index (χ2v) is 7.33. The Balaban J connectivity index is 1.84. The Kier molecular flexibility index (Phi) is 5.41. The molecule has 2 aromatic heterocycles. The number of carbonyl (C=O) groups is 1. The molecule has 0 bridgehead atoms. The summed E-state index contributed by atoms with van der Waals surface area (Å²) in [5, 5.41) is 11.2. The summed E-state index contributed by atoms with van der Waals surface area (Å²) in [7, 11) is 0. The van der Waals surface area contributed by atoms with Gasteiger partial charge in [0.2, 0.25) is 17.1 Å². The molecule has 0 spiro atoms. The molecule has 1 aliphatic heterocycles. The summed E-state index contributed by atoms with van der Waals surface area (Å²) < 4.78 is 11.0. The minimum Gasteiger partial charge on any atom is -0.502 e. The number of rotatable bonds is 4. The van der Waals surface area contributed by atoms with E-state index in [0.29, 0.717) is 31.8 Å². The fourth-order valence-corrected chi connectivity index (χ4v) is 3.75. The number of nitrogens with zero attached hydrogens (tertiary/aromatic N) is 1. The molecule has 0 radical (unpaired) electrons. The first-order valence-corrected chi connectivity index (χ1v) is 9.75. The third-order valence-corrected chi connectivity index (χ3v) is 5.29. The fourth-order valence-electron chi connectivity index (χ4n) is 3.75. The molecule has 0 unspecified atom stereocenters. The molecule has 4 rings (SSSR count). The lowest BCUT2D eigenvalue weighted by Crippen LogP contribution is -2.41. The Hall–Kier alpha value is -3.39. The number of pyridine rings is 1. The van der Waals surface area contributed by atoms with Crippen molar-refractivity contribution in [2.75, 3.05) is 26.3 Å². The number of fused-ring (bicyclic) bond motifs is 1. The number of nitrogens with one attached hydrogen (secondary N) is 1. The molecule has 156 valence electrons. The smallest absolute Gasteiger partial charge is 0.252 e. The predicted octanol–water partition coefficient (Wildman–Crippen LogP) is 1.88. The fraction of sp³-hybridized carbons (Fsp3) is 0.318. The van der Waals surface area contributed by atoms with Gasteiger partial charge in [-0.05, 0) is 24.4 Å². The van der Waals surface area contributed by atoms with Gasteiger partial charge in [-0.3, -0.25) is 14.4 Å². The van der Waals surface area contributed by atoms with Gasteiger partial charge in [0.05, 0.1) is 19.1 Å². The number of amides is 1. The molecule has 0 aliphatic carbocycles. The van der Waals surface area contributed by atoms with Crippen molar-refractivity contribution < 1.29 is 19.1 Å². The average Bonchev–Trinajstić information content (AvgIpc) is 2.75. The molecule has 30 heavy (non-hydrogen) atoms. The van der Waals surface area contributed by atoms with E-state index in [1.165, 1.54) is 6.07 Å². The first-order valence-electron chi connectivity index (χ1n) is 9.75. The first kappa shape index (κ1) is 19.9. The lowest BCUT2D eigenvalue weighted by molar-refractivity contribution is -0.135. The highest BCUT2D eigenvalue weighted by molar-refractivity contribution is 5.80. The maximum absolute atomic E-state index is 13.0. The normalized spacial score (nSPS) is 15.3. The predicted molar refractivity (Wildman–Crippen MR) is 110 cm³/mol. The summed E-state index contributed by atoms with van der Waals surface area (Å²) in [5.41, 5.74) is -0.120. The van der Waals surface area contributed by atoms with E-state index in [9.17, 15) is 19.5 Å². The average molecular weight is 410 g/mol. The van der Waals surface area contributed by atoms with E-state index in [4.69, 9.17) is 9.15 Å². The van der Waals surface area contributed by atoms with Gasteiger partial charge in [0, 0.05) is 36.7 Å². The minimum absolute atomic E-state index is 0.0811. The Morgan fingerprint density at radius 1 is 1.20 bits per heavy atom. The second-order valence-electron chi connectivity index (χ2n) is 7.33. The number of aromatic hydroxyl groups is 1. The molecule has 1 atom stereocenters. The highest BCUT2D eigenvalue weighted by atomic mass is 16.5. The van der Waals surface area contributed by atoms with Crippen LogP contribution in [0.1, 0.15) is 29.4 Å². The summed E-state index contributed by atoms with van der Waals surface area (Å²) >= 11 is 0. The Morgan fingerprint density at radius 2 is 1.93 bits per heavy atom. The minimum atomic E-state index is -0.915. The van der Waals surface area contributed by atoms with E-state index in [1.807, 2.05) is 18.2 Å². The number of aromatic nitrogens is 1. The summed E-state index contributed by atoms with van der Waals surface area (Å²) in [4.78, 5) is 42.5. The number of H-pyrrole nitrogens is 1. The molecule has 3 aromatic rings. The number of carbonyl (C=O) groups excluding carboxylic acids is 1. The highest BCUT2D eigenvalue weighted by Crippen LogP contribution is 2.33. The van der Waals surface area contributed by atoms with Crippen molar-refractivity contribution in [3.8, 4) is 5.75 Å². The lowest BCUT2D eigenvalue weighted by Gasteiger charge is -2.28. The van der Waals surface area contributed by atoms with Crippen molar-refractivity contribution in [3.63, 3.8) is 0 Å². The number of aryl methyl sites for hydroxylation is 1. The van der Waals surface area contributed by atoms with Gasteiger partial charge >= 0.3 is 0 Å². The van der Waals surface area contributed by atoms with Crippen molar-refractivity contribution in [2.45, 2.75) is 19.3 Å². The molecule has 1 fully saturated rings. The van der Waals surface area contributed by atoms with Crippen molar-refractivity contribution in [3.05, 3.63) is 74.1 Å². The van der Waals surface area contributed by atoms with Gasteiger partial charge in [-0.2, -0.15) is 0 Å². The zero-order chi connectivity index (χ0) is 21.3. The van der Waals surface area contributed by atoms with Crippen molar-refractivity contribution >= 4 is 16.8 Å². The topological polar surface area (TPSA) is 113 Å². The SMILES string of the molecule is Cc1cc(=O)c(O)c([C@H](CC(=O)N2CCOCC2)c2cc3ccccc3[nH]c2=O)o1. The van der Waals surface area contributed by atoms with Gasteiger partial charge in [0.1, 0.15) is 5.76 Å². The van der Waals surface area contributed by atoms with Gasteiger partial charge in [-0.25, -0.2) is 0 Å². The molecule has 8 nitrogen and oxygen atoms in total. The van der Waals surface area contributed by atoms with E-state index < -0.39 is 22.7 Å². The van der Waals surface area contributed by atoms with Gasteiger partial charge in [0.15, 0.2) is 5.76 Å². The van der Waals surface area contributed by atoms with Crippen LogP contribution in [-0.4, -0.2) is 47.2 Å². The molecule has 1 saturated heterocycles. The van der Waals surface area contributed by atoms with Crippen LogP contribution in [0.15, 0.2) is 50.4 Å². The molecule has 0 saturated carbocycles. The lowest BCUT2D eigenvalue weighted by atomic mass is 9.91. The summed E-state index contributed by atoms with van der Waals surface area (Å²) in [6, 6.07) is 10.1.